The van der Waals surface area contributed by atoms with Crippen LogP contribution >= 0.6 is 31.0 Å². The number of hydrogen-bond acceptors (Lipinski definition) is 6. The van der Waals surface area contributed by atoms with Gasteiger partial charge >= 0.3 is 13.8 Å². The molecule has 0 saturated heterocycles. The van der Waals surface area contributed by atoms with E-state index >= 15 is 0 Å². The number of hydrogen-bond donors (Lipinski definition) is 2. The zero-order valence-corrected chi connectivity index (χ0v) is 21.8. The monoisotopic (exact) mass is 531 g/mol. The van der Waals surface area contributed by atoms with Crippen LogP contribution in [0.15, 0.2) is 18.2 Å². The standard InChI is InChI=1S/C21H34Cl2NO7P.H2O/c1-24(2,3)16-17(15-20(25)26)31-32(27,28)30-14-9-7-5-4-6-8-13-29-19-12-10-11-18(22)21(19)23;/h10-12,17H,4-9,13-16H2,1-3H3,(H-,25,26,27,28);1H2. The molecule has 2 atom stereocenters. The largest absolute Gasteiger partial charge is 0.870 e. The minimum atomic E-state index is -4.31. The summed E-state index contributed by atoms with van der Waals surface area (Å²) in [6, 6.07) is 5.28. The number of halogens is 2. The number of carboxylic acids is 1. The van der Waals surface area contributed by atoms with Crippen molar-refractivity contribution in [3.05, 3.63) is 28.2 Å². The minimum absolute atomic E-state index is 0. The molecular weight excluding hydrogens is 496 g/mol. The Labute approximate surface area is 206 Å². The molecule has 0 amide bonds. The maximum absolute atomic E-state index is 12.1. The molecule has 0 aliphatic rings. The number of benzene rings is 1. The molecule has 0 saturated carbocycles. The first-order valence-electron chi connectivity index (χ1n) is 10.6. The van der Waals surface area contributed by atoms with Gasteiger partial charge in [0.15, 0.2) is 0 Å². The van der Waals surface area contributed by atoms with Crippen LogP contribution in [0.25, 0.3) is 0 Å². The Morgan fingerprint density at radius 3 is 2.21 bits per heavy atom. The van der Waals surface area contributed by atoms with E-state index in [0.717, 1.165) is 32.1 Å². The highest BCUT2D eigenvalue weighted by atomic mass is 35.5. The number of nitrogens with zero attached hydrogens (tertiary/aromatic N) is 1. The first-order valence-corrected chi connectivity index (χ1v) is 12.9. The zero-order valence-electron chi connectivity index (χ0n) is 19.4. The Kier molecular flexibility index (Phi) is 15.5. The van der Waals surface area contributed by atoms with E-state index in [0.29, 0.717) is 33.3 Å². The third kappa shape index (κ3) is 15.6. The Balaban J connectivity index is 0.0000102. The van der Waals surface area contributed by atoms with Crippen molar-refractivity contribution in [3.8, 4) is 5.75 Å². The first kappa shape index (κ1) is 32.1. The predicted octanol–water partition coefficient (Wildman–Crippen LogP) is 5.22. The Bertz CT molecular complexity index is 760. The van der Waals surface area contributed by atoms with Gasteiger partial charge < -0.3 is 24.7 Å². The van der Waals surface area contributed by atoms with Crippen molar-refractivity contribution in [2.24, 2.45) is 0 Å². The molecule has 0 aliphatic carbocycles. The van der Waals surface area contributed by atoms with Gasteiger partial charge in [-0.2, -0.15) is 0 Å². The van der Waals surface area contributed by atoms with Crippen molar-refractivity contribution < 1.29 is 43.1 Å². The highest BCUT2D eigenvalue weighted by Gasteiger charge is 2.31. The topological polar surface area (TPSA) is 132 Å². The fourth-order valence-corrected chi connectivity index (χ4v) is 4.31. The van der Waals surface area contributed by atoms with Gasteiger partial charge in [0.25, 0.3) is 0 Å². The van der Waals surface area contributed by atoms with E-state index in [1.54, 1.807) is 18.2 Å². The summed E-state index contributed by atoms with van der Waals surface area (Å²) in [6.07, 6.45) is 4.02. The van der Waals surface area contributed by atoms with Crippen molar-refractivity contribution in [2.75, 3.05) is 40.9 Å². The highest BCUT2D eigenvalue weighted by molar-refractivity contribution is 7.47. The molecule has 0 heterocycles. The zero-order chi connectivity index (χ0) is 24.2. The van der Waals surface area contributed by atoms with Crippen LogP contribution in [0.3, 0.4) is 0 Å². The Morgan fingerprint density at radius 2 is 1.64 bits per heavy atom. The average Bonchev–Trinajstić information content (AvgIpc) is 2.64. The molecule has 0 aromatic heterocycles. The molecule has 1 aromatic rings. The number of carbonyl (C=O) groups is 1. The smallest absolute Gasteiger partial charge is 0.472 e. The summed E-state index contributed by atoms with van der Waals surface area (Å²) in [5.41, 5.74) is 0. The maximum Gasteiger partial charge on any atom is 0.472 e. The third-order valence-corrected chi connectivity index (χ3v) is 6.28. The van der Waals surface area contributed by atoms with E-state index in [-0.39, 0.29) is 25.0 Å². The van der Waals surface area contributed by atoms with Crippen LogP contribution in [0.1, 0.15) is 44.9 Å². The normalized spacial score (nSPS) is 14.2. The number of quaternary nitrogens is 1. The fraction of sp³-hybridized carbons (Fsp3) is 0.667. The van der Waals surface area contributed by atoms with Crippen molar-refractivity contribution >= 4 is 37.0 Å². The van der Waals surface area contributed by atoms with Crippen LogP contribution in [0.5, 0.6) is 5.75 Å². The predicted molar refractivity (Wildman–Crippen MR) is 127 cm³/mol. The van der Waals surface area contributed by atoms with Crippen molar-refractivity contribution in [1.82, 2.24) is 0 Å². The number of carboxylic acid groups (broad SMARTS) is 1. The maximum atomic E-state index is 12.1. The number of rotatable bonds is 17. The lowest BCUT2D eigenvalue weighted by Gasteiger charge is -2.29. The summed E-state index contributed by atoms with van der Waals surface area (Å²) >= 11 is 12.0. The first-order chi connectivity index (χ1) is 14.9. The summed E-state index contributed by atoms with van der Waals surface area (Å²) in [5.74, 6) is -0.511. The number of ether oxygens (including phenoxy) is 1. The van der Waals surface area contributed by atoms with Gasteiger partial charge in [0.2, 0.25) is 0 Å². The quantitative estimate of drug-likeness (QED) is 0.159. The SMILES string of the molecule is C[N+](C)(C)CC(CC(=O)O)OP(=O)(O)OCCCCCCCCOc1cccc(Cl)c1Cl.[OH-]. The van der Waals surface area contributed by atoms with E-state index in [1.807, 2.05) is 21.1 Å². The number of phosphoric acid groups is 1. The van der Waals surface area contributed by atoms with Crippen LogP contribution < -0.4 is 4.74 Å². The van der Waals surface area contributed by atoms with Crippen LogP contribution in [0, 0.1) is 0 Å². The number of likely N-dealkylation sites (N-methyl/N-ethyl adjacent to an activating group) is 1. The van der Waals surface area contributed by atoms with Gasteiger partial charge in [-0.25, -0.2) is 4.57 Å². The number of unbranched alkanes of at least 4 members (excludes halogenated alkanes) is 5. The van der Waals surface area contributed by atoms with E-state index < -0.39 is 19.9 Å². The second-order valence-corrected chi connectivity index (χ2v) is 10.8. The summed E-state index contributed by atoms with van der Waals surface area (Å²) in [4.78, 5) is 20.9. The average molecular weight is 532 g/mol. The fourth-order valence-electron chi connectivity index (χ4n) is 3.03. The summed E-state index contributed by atoms with van der Waals surface area (Å²) in [5, 5.41) is 9.88. The van der Waals surface area contributed by atoms with Gasteiger partial charge in [0.1, 0.15) is 23.4 Å². The highest BCUT2D eigenvalue weighted by Crippen LogP contribution is 2.45. The summed E-state index contributed by atoms with van der Waals surface area (Å²) in [6.45, 7) is 0.904. The molecule has 3 N–H and O–H groups in total. The minimum Gasteiger partial charge on any atom is -0.870 e. The molecule has 0 radical (unpaired) electrons. The molecule has 0 fully saturated rings. The van der Waals surface area contributed by atoms with E-state index in [1.165, 1.54) is 0 Å². The molecule has 0 aliphatic heterocycles. The van der Waals surface area contributed by atoms with Gasteiger partial charge in [0, 0.05) is 0 Å². The number of aliphatic carboxylic acids is 1. The summed E-state index contributed by atoms with van der Waals surface area (Å²) < 4.78 is 28.3. The second kappa shape index (κ2) is 15.9. The molecule has 0 bridgehead atoms. The lowest BCUT2D eigenvalue weighted by atomic mass is 10.1. The van der Waals surface area contributed by atoms with Crippen molar-refractivity contribution in [1.29, 1.82) is 0 Å². The van der Waals surface area contributed by atoms with Gasteiger partial charge in [-0.05, 0) is 25.0 Å². The van der Waals surface area contributed by atoms with Gasteiger partial charge in [-0.1, -0.05) is 55.0 Å². The molecule has 12 heteroatoms. The van der Waals surface area contributed by atoms with Crippen molar-refractivity contribution in [3.63, 3.8) is 0 Å². The molecule has 9 nitrogen and oxygen atoms in total. The summed E-state index contributed by atoms with van der Waals surface area (Å²) in [7, 11) is 1.23. The van der Waals surface area contributed by atoms with Gasteiger partial charge in [0.05, 0.1) is 45.8 Å². The molecule has 2 unspecified atom stereocenters. The van der Waals surface area contributed by atoms with E-state index in [2.05, 4.69) is 0 Å². The van der Waals surface area contributed by atoms with E-state index in [4.69, 9.17) is 42.1 Å². The lowest BCUT2D eigenvalue weighted by Crippen LogP contribution is -2.42. The number of phosphoric ester groups is 1. The van der Waals surface area contributed by atoms with Crippen LogP contribution in [0.4, 0.5) is 0 Å². The Hall–Kier alpha value is -0.900. The molecule has 1 rings (SSSR count). The molecule has 33 heavy (non-hydrogen) atoms. The molecule has 0 spiro atoms. The van der Waals surface area contributed by atoms with Crippen molar-refractivity contribution in [2.45, 2.75) is 51.0 Å². The van der Waals surface area contributed by atoms with Gasteiger partial charge in [-0.15, -0.1) is 0 Å². The Morgan fingerprint density at radius 1 is 1.06 bits per heavy atom. The molecule has 192 valence electrons. The lowest BCUT2D eigenvalue weighted by molar-refractivity contribution is -0.873. The second-order valence-electron chi connectivity index (χ2n) is 8.62. The third-order valence-electron chi connectivity index (χ3n) is 4.40. The van der Waals surface area contributed by atoms with E-state index in [9.17, 15) is 14.3 Å². The van der Waals surface area contributed by atoms with Gasteiger partial charge in [-0.3, -0.25) is 13.8 Å². The van der Waals surface area contributed by atoms with Crippen LogP contribution in [-0.4, -0.2) is 72.9 Å². The molecule has 1 aromatic carbocycles. The van der Waals surface area contributed by atoms with Crippen LogP contribution in [0.2, 0.25) is 10.0 Å². The van der Waals surface area contributed by atoms with Crippen LogP contribution in [-0.2, 0) is 18.4 Å². The molecular formula is C21H36Cl2NO8P.